The van der Waals surface area contributed by atoms with Crippen LogP contribution in [-0.4, -0.2) is 9.78 Å². The van der Waals surface area contributed by atoms with Gasteiger partial charge in [0.2, 0.25) is 0 Å². The van der Waals surface area contributed by atoms with Crippen molar-refractivity contribution in [1.29, 1.82) is 5.26 Å². The van der Waals surface area contributed by atoms with Crippen molar-refractivity contribution in [3.63, 3.8) is 0 Å². The molecule has 21 heavy (non-hydrogen) atoms. The Morgan fingerprint density at radius 1 is 1.48 bits per heavy atom. The highest BCUT2D eigenvalue weighted by atomic mass is 79.9. The molecule has 1 aromatic heterocycles. The van der Waals surface area contributed by atoms with E-state index in [0.29, 0.717) is 22.3 Å². The van der Waals surface area contributed by atoms with E-state index in [9.17, 15) is 4.79 Å². The summed E-state index contributed by atoms with van der Waals surface area (Å²) in [6.45, 7) is 4.32. The molecule has 108 valence electrons. The molecule has 0 unspecified atom stereocenters. The number of rotatable bonds is 4. The van der Waals surface area contributed by atoms with Crippen LogP contribution in [0.4, 0.5) is 5.69 Å². The van der Waals surface area contributed by atoms with Crippen molar-refractivity contribution in [2.75, 3.05) is 5.32 Å². The van der Waals surface area contributed by atoms with Crippen molar-refractivity contribution in [3.8, 4) is 6.07 Å². The summed E-state index contributed by atoms with van der Waals surface area (Å²) in [4.78, 5) is 12.1. The third-order valence-electron chi connectivity index (χ3n) is 2.97. The van der Waals surface area contributed by atoms with Crippen LogP contribution in [-0.2, 0) is 6.54 Å². The number of anilines is 1. The molecule has 6 heteroatoms. The highest BCUT2D eigenvalue weighted by Crippen LogP contribution is 2.18. The first-order valence-corrected chi connectivity index (χ1v) is 7.32. The van der Waals surface area contributed by atoms with E-state index in [4.69, 9.17) is 5.26 Å². The van der Waals surface area contributed by atoms with Crippen molar-refractivity contribution in [1.82, 2.24) is 9.78 Å². The van der Waals surface area contributed by atoms with E-state index in [1.807, 2.05) is 32.0 Å². The highest BCUT2D eigenvalue weighted by Gasteiger charge is 2.10. The van der Waals surface area contributed by atoms with E-state index < -0.39 is 0 Å². The Balaban J connectivity index is 2.19. The van der Waals surface area contributed by atoms with Crippen LogP contribution in [0.1, 0.15) is 31.0 Å². The molecule has 0 atom stereocenters. The van der Waals surface area contributed by atoms with Crippen LogP contribution in [0.15, 0.2) is 39.7 Å². The molecular weight excluding hydrogens is 332 g/mol. The maximum Gasteiger partial charge on any atom is 0.283 e. The third kappa shape index (κ3) is 3.50. The van der Waals surface area contributed by atoms with E-state index in [1.165, 1.54) is 4.68 Å². The topological polar surface area (TPSA) is 70.7 Å². The van der Waals surface area contributed by atoms with Gasteiger partial charge in [-0.25, -0.2) is 4.68 Å². The van der Waals surface area contributed by atoms with Gasteiger partial charge in [0, 0.05) is 6.54 Å². The van der Waals surface area contributed by atoms with Gasteiger partial charge in [-0.1, -0.05) is 12.1 Å². The molecule has 1 N–H and O–H groups in total. The monoisotopic (exact) mass is 346 g/mol. The predicted molar refractivity (Wildman–Crippen MR) is 85.1 cm³/mol. The van der Waals surface area contributed by atoms with Gasteiger partial charge in [0.15, 0.2) is 0 Å². The van der Waals surface area contributed by atoms with Crippen molar-refractivity contribution in [2.24, 2.45) is 0 Å². The van der Waals surface area contributed by atoms with E-state index in [0.717, 1.165) is 5.56 Å². The number of benzene rings is 1. The SMILES string of the molecule is CC(C)n1ncc(NCc2cccc(C#N)c2)c(Br)c1=O. The summed E-state index contributed by atoms with van der Waals surface area (Å²) in [5.74, 6) is 0. The van der Waals surface area contributed by atoms with Crippen LogP contribution >= 0.6 is 15.9 Å². The van der Waals surface area contributed by atoms with Gasteiger partial charge in [0.05, 0.1) is 29.6 Å². The average molecular weight is 347 g/mol. The Bertz CT molecular complexity index is 746. The average Bonchev–Trinajstić information content (AvgIpc) is 2.48. The Morgan fingerprint density at radius 3 is 2.90 bits per heavy atom. The summed E-state index contributed by atoms with van der Waals surface area (Å²) < 4.78 is 1.88. The molecule has 0 saturated carbocycles. The minimum Gasteiger partial charge on any atom is -0.379 e. The smallest absolute Gasteiger partial charge is 0.283 e. The largest absolute Gasteiger partial charge is 0.379 e. The second-order valence-electron chi connectivity index (χ2n) is 4.88. The van der Waals surface area contributed by atoms with Crippen molar-refractivity contribution in [2.45, 2.75) is 26.4 Å². The maximum atomic E-state index is 12.1. The lowest BCUT2D eigenvalue weighted by atomic mass is 10.1. The Morgan fingerprint density at radius 2 is 2.24 bits per heavy atom. The molecule has 1 heterocycles. The van der Waals surface area contributed by atoms with Gasteiger partial charge in [0.25, 0.3) is 5.56 Å². The second-order valence-corrected chi connectivity index (χ2v) is 5.67. The van der Waals surface area contributed by atoms with Crippen LogP contribution in [0.2, 0.25) is 0 Å². The maximum absolute atomic E-state index is 12.1. The van der Waals surface area contributed by atoms with Gasteiger partial charge in [0.1, 0.15) is 4.47 Å². The Labute approximate surface area is 131 Å². The molecule has 0 bridgehead atoms. The van der Waals surface area contributed by atoms with Crippen molar-refractivity contribution in [3.05, 3.63) is 56.4 Å². The fourth-order valence-electron chi connectivity index (χ4n) is 1.88. The van der Waals surface area contributed by atoms with Crippen molar-refractivity contribution >= 4 is 21.6 Å². The van der Waals surface area contributed by atoms with Gasteiger partial charge in [-0.05, 0) is 47.5 Å². The lowest BCUT2D eigenvalue weighted by Crippen LogP contribution is -2.26. The third-order valence-corrected chi connectivity index (χ3v) is 3.74. The summed E-state index contributed by atoms with van der Waals surface area (Å²) in [6, 6.07) is 9.43. The molecule has 0 radical (unpaired) electrons. The lowest BCUT2D eigenvalue weighted by molar-refractivity contribution is 0.501. The molecule has 0 amide bonds. The van der Waals surface area contributed by atoms with Crippen LogP contribution in [0.5, 0.6) is 0 Å². The first-order valence-electron chi connectivity index (χ1n) is 6.53. The molecule has 2 rings (SSSR count). The summed E-state index contributed by atoms with van der Waals surface area (Å²) in [5.41, 5.74) is 2.05. The molecule has 0 aliphatic heterocycles. The van der Waals surface area contributed by atoms with E-state index >= 15 is 0 Å². The zero-order valence-electron chi connectivity index (χ0n) is 11.8. The van der Waals surface area contributed by atoms with Gasteiger partial charge in [-0.15, -0.1) is 0 Å². The van der Waals surface area contributed by atoms with Gasteiger partial charge in [-0.2, -0.15) is 10.4 Å². The number of aromatic nitrogens is 2. The summed E-state index contributed by atoms with van der Waals surface area (Å²) in [6.07, 6.45) is 1.62. The molecule has 5 nitrogen and oxygen atoms in total. The number of hydrogen-bond acceptors (Lipinski definition) is 4. The van der Waals surface area contributed by atoms with Crippen LogP contribution in [0, 0.1) is 11.3 Å². The molecule has 0 aliphatic rings. The number of nitrogens with zero attached hydrogens (tertiary/aromatic N) is 3. The predicted octanol–water partition coefficient (Wildman–Crippen LogP) is 3.07. The highest BCUT2D eigenvalue weighted by molar-refractivity contribution is 9.10. The molecule has 0 fully saturated rings. The van der Waals surface area contributed by atoms with Crippen LogP contribution in [0.25, 0.3) is 0 Å². The lowest BCUT2D eigenvalue weighted by Gasteiger charge is -2.12. The Kier molecular flexibility index (Phi) is 4.76. The zero-order chi connectivity index (χ0) is 15.4. The van der Waals surface area contributed by atoms with Crippen molar-refractivity contribution < 1.29 is 0 Å². The quantitative estimate of drug-likeness (QED) is 0.923. The standard InChI is InChI=1S/C15H15BrN4O/c1-10(2)20-15(21)14(16)13(9-19-20)18-8-12-5-3-4-11(6-12)7-17/h3-6,9-10,18H,8H2,1-2H3. The number of nitriles is 1. The second kappa shape index (κ2) is 6.55. The molecular formula is C15H15BrN4O. The number of hydrogen-bond donors (Lipinski definition) is 1. The molecule has 0 spiro atoms. The number of nitrogens with one attached hydrogen (secondary N) is 1. The van der Waals surface area contributed by atoms with E-state index in [-0.39, 0.29) is 11.6 Å². The summed E-state index contributed by atoms with van der Waals surface area (Å²) in [5, 5.41) is 16.2. The van der Waals surface area contributed by atoms with Crippen LogP contribution < -0.4 is 10.9 Å². The van der Waals surface area contributed by atoms with Gasteiger partial charge in [-0.3, -0.25) is 4.79 Å². The van der Waals surface area contributed by atoms with E-state index in [2.05, 4.69) is 32.4 Å². The fourth-order valence-corrected chi connectivity index (χ4v) is 2.31. The van der Waals surface area contributed by atoms with E-state index in [1.54, 1.807) is 12.3 Å². The van der Waals surface area contributed by atoms with Crippen LogP contribution in [0.3, 0.4) is 0 Å². The van der Waals surface area contributed by atoms with Gasteiger partial charge < -0.3 is 5.32 Å². The summed E-state index contributed by atoms with van der Waals surface area (Å²) >= 11 is 3.31. The Hall–Kier alpha value is -2.13. The molecule has 1 aromatic carbocycles. The summed E-state index contributed by atoms with van der Waals surface area (Å²) in [7, 11) is 0. The van der Waals surface area contributed by atoms with Gasteiger partial charge >= 0.3 is 0 Å². The minimum absolute atomic E-state index is 0.00941. The first-order chi connectivity index (χ1) is 10.0. The zero-order valence-corrected chi connectivity index (χ0v) is 13.4. The minimum atomic E-state index is -0.166. The fraction of sp³-hybridized carbons (Fsp3) is 0.267. The molecule has 0 saturated heterocycles. The molecule has 2 aromatic rings. The molecule has 0 aliphatic carbocycles. The first kappa shape index (κ1) is 15.3. The normalized spacial score (nSPS) is 10.4. The number of halogens is 1.